The first-order valence-electron chi connectivity index (χ1n) is 7.83. The lowest BCUT2D eigenvalue weighted by Crippen LogP contribution is -2.48. The summed E-state index contributed by atoms with van der Waals surface area (Å²) in [5.74, 6) is 1.29. The number of piperidine rings is 1. The topological polar surface area (TPSA) is 35.5 Å². The highest BCUT2D eigenvalue weighted by molar-refractivity contribution is 4.88. The van der Waals surface area contributed by atoms with Gasteiger partial charge >= 0.3 is 0 Å². The van der Waals surface area contributed by atoms with Crippen molar-refractivity contribution in [2.75, 3.05) is 26.2 Å². The lowest BCUT2D eigenvalue weighted by molar-refractivity contribution is 0.141. The molecular weight excluding hydrogens is 224 g/mol. The van der Waals surface area contributed by atoms with Crippen LogP contribution in [0.4, 0.5) is 0 Å². The average molecular weight is 254 g/mol. The van der Waals surface area contributed by atoms with Crippen molar-refractivity contribution in [3.8, 4) is 0 Å². The molecule has 4 atom stereocenters. The van der Waals surface area contributed by atoms with Crippen molar-refractivity contribution in [3.63, 3.8) is 0 Å². The van der Waals surface area contributed by atoms with Gasteiger partial charge in [-0.1, -0.05) is 13.3 Å². The van der Waals surface area contributed by atoms with E-state index in [0.29, 0.717) is 24.6 Å². The average Bonchev–Trinajstić information content (AvgIpc) is 2.86. The van der Waals surface area contributed by atoms with Crippen molar-refractivity contribution in [3.05, 3.63) is 0 Å². The second-order valence-electron chi connectivity index (χ2n) is 6.23. The van der Waals surface area contributed by atoms with Crippen LogP contribution in [-0.4, -0.2) is 48.3 Å². The van der Waals surface area contributed by atoms with Crippen LogP contribution in [0.5, 0.6) is 0 Å². The largest absolute Gasteiger partial charge is 0.396 e. The number of rotatable bonds is 5. The standard InChI is InChI=1S/C15H30N2O/c1-3-17-9-5-7-13(10-17)12(2)16-15-8-4-6-14(15)11-18/h12-16,18H,3-11H2,1-2H3. The minimum Gasteiger partial charge on any atom is -0.396 e. The van der Waals surface area contributed by atoms with E-state index in [1.54, 1.807) is 0 Å². The number of aliphatic hydroxyl groups excluding tert-OH is 1. The van der Waals surface area contributed by atoms with Gasteiger partial charge in [0.15, 0.2) is 0 Å². The first kappa shape index (κ1) is 14.3. The maximum atomic E-state index is 9.39. The van der Waals surface area contributed by atoms with Crippen molar-refractivity contribution in [1.82, 2.24) is 10.2 Å². The van der Waals surface area contributed by atoms with E-state index in [1.807, 2.05) is 0 Å². The number of hydrogen-bond acceptors (Lipinski definition) is 3. The minimum atomic E-state index is 0.357. The zero-order valence-corrected chi connectivity index (χ0v) is 12.1. The van der Waals surface area contributed by atoms with Crippen LogP contribution in [0.1, 0.15) is 46.0 Å². The monoisotopic (exact) mass is 254 g/mol. The number of likely N-dealkylation sites (tertiary alicyclic amines) is 1. The number of hydrogen-bond donors (Lipinski definition) is 2. The number of aliphatic hydroxyl groups is 1. The quantitative estimate of drug-likeness (QED) is 0.786. The fourth-order valence-corrected chi connectivity index (χ4v) is 3.74. The third-order valence-corrected chi connectivity index (χ3v) is 5.07. The highest BCUT2D eigenvalue weighted by atomic mass is 16.3. The van der Waals surface area contributed by atoms with E-state index in [1.165, 1.54) is 51.7 Å². The molecule has 1 saturated heterocycles. The first-order valence-corrected chi connectivity index (χ1v) is 7.83. The van der Waals surface area contributed by atoms with Gasteiger partial charge in [-0.3, -0.25) is 0 Å². The minimum absolute atomic E-state index is 0.357. The van der Waals surface area contributed by atoms with Gasteiger partial charge in [0.2, 0.25) is 0 Å². The van der Waals surface area contributed by atoms with Crippen molar-refractivity contribution in [1.29, 1.82) is 0 Å². The smallest absolute Gasteiger partial charge is 0.0474 e. The Labute approximate surface area is 112 Å². The molecule has 18 heavy (non-hydrogen) atoms. The lowest BCUT2D eigenvalue weighted by atomic mass is 9.90. The van der Waals surface area contributed by atoms with E-state index < -0.39 is 0 Å². The van der Waals surface area contributed by atoms with E-state index in [9.17, 15) is 5.11 Å². The summed E-state index contributed by atoms with van der Waals surface area (Å²) in [6.45, 7) is 8.68. The van der Waals surface area contributed by atoms with Gasteiger partial charge in [0.25, 0.3) is 0 Å². The Kier molecular flexibility index (Phi) is 5.46. The van der Waals surface area contributed by atoms with E-state index in [-0.39, 0.29) is 0 Å². The van der Waals surface area contributed by atoms with Crippen LogP contribution in [0, 0.1) is 11.8 Å². The molecule has 0 aromatic heterocycles. The molecule has 0 aromatic rings. The van der Waals surface area contributed by atoms with Gasteiger partial charge in [-0.2, -0.15) is 0 Å². The molecule has 3 heteroatoms. The summed E-state index contributed by atoms with van der Waals surface area (Å²) in [5.41, 5.74) is 0. The lowest BCUT2D eigenvalue weighted by Gasteiger charge is -2.37. The molecule has 2 N–H and O–H groups in total. The van der Waals surface area contributed by atoms with Crippen molar-refractivity contribution < 1.29 is 5.11 Å². The van der Waals surface area contributed by atoms with E-state index in [4.69, 9.17) is 0 Å². The Morgan fingerprint density at radius 3 is 2.83 bits per heavy atom. The van der Waals surface area contributed by atoms with Gasteiger partial charge in [0.05, 0.1) is 0 Å². The van der Waals surface area contributed by atoms with Gasteiger partial charge < -0.3 is 15.3 Å². The molecule has 106 valence electrons. The number of nitrogens with zero attached hydrogens (tertiary/aromatic N) is 1. The Morgan fingerprint density at radius 1 is 1.28 bits per heavy atom. The summed E-state index contributed by atoms with van der Waals surface area (Å²) in [6.07, 6.45) is 6.44. The Morgan fingerprint density at radius 2 is 2.11 bits per heavy atom. The van der Waals surface area contributed by atoms with Crippen LogP contribution in [-0.2, 0) is 0 Å². The third kappa shape index (κ3) is 3.46. The molecule has 0 amide bonds. The molecule has 2 fully saturated rings. The normalized spacial score (nSPS) is 35.8. The van der Waals surface area contributed by atoms with E-state index in [0.717, 1.165) is 5.92 Å². The fourth-order valence-electron chi connectivity index (χ4n) is 3.74. The van der Waals surface area contributed by atoms with E-state index >= 15 is 0 Å². The SMILES string of the molecule is CCN1CCCC(C(C)NC2CCCC2CO)C1. The molecular formula is C15H30N2O. The Balaban J connectivity index is 1.81. The highest BCUT2D eigenvalue weighted by Gasteiger charge is 2.30. The first-order chi connectivity index (χ1) is 8.74. The molecule has 0 aromatic carbocycles. The summed E-state index contributed by atoms with van der Waals surface area (Å²) in [5, 5.41) is 13.2. The number of nitrogens with one attached hydrogen (secondary N) is 1. The Hall–Kier alpha value is -0.120. The van der Waals surface area contributed by atoms with Crippen molar-refractivity contribution in [2.24, 2.45) is 11.8 Å². The molecule has 2 rings (SSSR count). The Bertz CT molecular complexity index is 247. The van der Waals surface area contributed by atoms with Gasteiger partial charge in [0, 0.05) is 25.2 Å². The molecule has 1 saturated carbocycles. The van der Waals surface area contributed by atoms with Crippen LogP contribution in [0.3, 0.4) is 0 Å². The predicted octanol–water partition coefficient (Wildman–Crippen LogP) is 1.86. The summed E-state index contributed by atoms with van der Waals surface area (Å²) in [4.78, 5) is 2.57. The summed E-state index contributed by atoms with van der Waals surface area (Å²) in [6, 6.07) is 1.15. The van der Waals surface area contributed by atoms with Crippen molar-refractivity contribution in [2.45, 2.75) is 58.0 Å². The molecule has 0 radical (unpaired) electrons. The molecule has 1 heterocycles. The highest BCUT2D eigenvalue weighted by Crippen LogP contribution is 2.27. The molecule has 3 nitrogen and oxygen atoms in total. The molecule has 1 aliphatic heterocycles. The van der Waals surface area contributed by atoms with Gasteiger partial charge in [0.1, 0.15) is 0 Å². The second kappa shape index (κ2) is 6.88. The molecule has 2 aliphatic rings. The van der Waals surface area contributed by atoms with Gasteiger partial charge in [-0.05, 0) is 57.5 Å². The second-order valence-corrected chi connectivity index (χ2v) is 6.23. The maximum absolute atomic E-state index is 9.39. The summed E-state index contributed by atoms with van der Waals surface area (Å²) in [7, 11) is 0. The molecule has 0 bridgehead atoms. The van der Waals surface area contributed by atoms with Crippen molar-refractivity contribution >= 4 is 0 Å². The zero-order chi connectivity index (χ0) is 13.0. The van der Waals surface area contributed by atoms with Crippen LogP contribution in [0.25, 0.3) is 0 Å². The van der Waals surface area contributed by atoms with Crippen LogP contribution < -0.4 is 5.32 Å². The van der Waals surface area contributed by atoms with Crippen LogP contribution in [0.2, 0.25) is 0 Å². The molecule has 4 unspecified atom stereocenters. The summed E-state index contributed by atoms with van der Waals surface area (Å²) >= 11 is 0. The predicted molar refractivity (Wildman–Crippen MR) is 75.7 cm³/mol. The fraction of sp³-hybridized carbons (Fsp3) is 1.00. The zero-order valence-electron chi connectivity index (χ0n) is 12.1. The van der Waals surface area contributed by atoms with Gasteiger partial charge in [-0.15, -0.1) is 0 Å². The molecule has 0 spiro atoms. The van der Waals surface area contributed by atoms with E-state index in [2.05, 4.69) is 24.1 Å². The summed E-state index contributed by atoms with van der Waals surface area (Å²) < 4.78 is 0. The van der Waals surface area contributed by atoms with Gasteiger partial charge in [-0.25, -0.2) is 0 Å². The third-order valence-electron chi connectivity index (χ3n) is 5.07. The molecule has 1 aliphatic carbocycles. The van der Waals surface area contributed by atoms with Crippen LogP contribution >= 0.6 is 0 Å². The maximum Gasteiger partial charge on any atom is 0.0474 e. The van der Waals surface area contributed by atoms with Crippen LogP contribution in [0.15, 0.2) is 0 Å².